The first-order valence-electron chi connectivity index (χ1n) is 6.07. The quantitative estimate of drug-likeness (QED) is 0.802. The van der Waals surface area contributed by atoms with E-state index in [1.807, 2.05) is 0 Å². The maximum Gasteiger partial charge on any atom is 0.232 e. The van der Waals surface area contributed by atoms with Crippen LogP contribution in [-0.4, -0.2) is 27.1 Å². The Morgan fingerprint density at radius 3 is 2.79 bits per heavy atom. The van der Waals surface area contributed by atoms with E-state index in [4.69, 9.17) is 5.26 Å². The fourth-order valence-electron chi connectivity index (χ4n) is 2.15. The molecule has 19 heavy (non-hydrogen) atoms. The molecular formula is C13H13N5S. The Hall–Kier alpha value is -2.00. The second-order valence-electron chi connectivity index (χ2n) is 4.37. The van der Waals surface area contributed by atoms with Gasteiger partial charge in [-0.3, -0.25) is 4.57 Å². The monoisotopic (exact) mass is 271 g/mol. The Morgan fingerprint density at radius 2 is 2.05 bits per heavy atom. The van der Waals surface area contributed by atoms with Crippen LogP contribution in [0.5, 0.6) is 0 Å². The number of fused-ring (bicyclic) bond motifs is 1. The highest BCUT2D eigenvalue weighted by Gasteiger charge is 2.25. The van der Waals surface area contributed by atoms with Crippen LogP contribution in [0.15, 0.2) is 29.4 Å². The van der Waals surface area contributed by atoms with Crippen molar-refractivity contribution >= 4 is 23.4 Å². The molecule has 0 amide bonds. The van der Waals surface area contributed by atoms with Crippen LogP contribution in [0.25, 0.3) is 0 Å². The van der Waals surface area contributed by atoms with Gasteiger partial charge >= 0.3 is 0 Å². The van der Waals surface area contributed by atoms with Crippen molar-refractivity contribution in [2.45, 2.75) is 18.6 Å². The van der Waals surface area contributed by atoms with Crippen molar-refractivity contribution in [3.63, 3.8) is 0 Å². The van der Waals surface area contributed by atoms with E-state index in [2.05, 4.69) is 56.9 Å². The third-order valence-electron chi connectivity index (χ3n) is 3.10. The minimum Gasteiger partial charge on any atom is -0.309 e. The summed E-state index contributed by atoms with van der Waals surface area (Å²) in [5.74, 6) is 1.27. The number of nitrogens with zero attached hydrogens (tertiary/aromatic N) is 5. The molecule has 1 aliphatic heterocycles. The molecule has 5 nitrogen and oxygen atoms in total. The Balaban J connectivity index is 1.88. The molecule has 6 heteroatoms. The second-order valence-corrected chi connectivity index (χ2v) is 5.31. The maximum atomic E-state index is 8.63. The molecule has 0 unspecified atom stereocenters. The molecule has 0 fully saturated rings. The molecule has 96 valence electrons. The lowest BCUT2D eigenvalue weighted by atomic mass is 10.2. The van der Waals surface area contributed by atoms with Crippen LogP contribution in [0.2, 0.25) is 0 Å². The van der Waals surface area contributed by atoms with Crippen molar-refractivity contribution < 1.29 is 0 Å². The van der Waals surface area contributed by atoms with Gasteiger partial charge in [-0.1, -0.05) is 29.5 Å². The van der Waals surface area contributed by atoms with E-state index in [0.29, 0.717) is 5.75 Å². The van der Waals surface area contributed by atoms with E-state index in [1.54, 1.807) is 0 Å². The first-order chi connectivity index (χ1) is 9.29. The van der Waals surface area contributed by atoms with E-state index < -0.39 is 0 Å². The molecule has 3 rings (SSSR count). The van der Waals surface area contributed by atoms with Crippen LogP contribution in [-0.2, 0) is 6.54 Å². The summed E-state index contributed by atoms with van der Waals surface area (Å²) in [6.07, 6.45) is 0. The highest BCUT2D eigenvalue weighted by atomic mass is 32.2. The minimum atomic E-state index is 0.405. The predicted octanol–water partition coefficient (Wildman–Crippen LogP) is 2.35. The van der Waals surface area contributed by atoms with Gasteiger partial charge in [0.25, 0.3) is 0 Å². The summed E-state index contributed by atoms with van der Waals surface area (Å²) in [6.45, 7) is 3.84. The summed E-state index contributed by atoms with van der Waals surface area (Å²) in [5, 5.41) is 17.8. The first kappa shape index (κ1) is 12.1. The average molecular weight is 271 g/mol. The van der Waals surface area contributed by atoms with E-state index in [9.17, 15) is 0 Å². The zero-order chi connectivity index (χ0) is 13.2. The van der Waals surface area contributed by atoms with Crippen molar-refractivity contribution in [1.29, 1.82) is 5.26 Å². The Labute approximate surface area is 115 Å². The van der Waals surface area contributed by atoms with Gasteiger partial charge in [0.15, 0.2) is 5.16 Å². The summed E-state index contributed by atoms with van der Waals surface area (Å²) >= 11 is 1.43. The van der Waals surface area contributed by atoms with Crippen LogP contribution >= 0.6 is 11.8 Å². The molecule has 0 aliphatic carbocycles. The van der Waals surface area contributed by atoms with Gasteiger partial charge in [0.2, 0.25) is 5.95 Å². The fourth-order valence-corrected chi connectivity index (χ4v) is 2.77. The van der Waals surface area contributed by atoms with Crippen LogP contribution in [0.4, 0.5) is 11.6 Å². The summed E-state index contributed by atoms with van der Waals surface area (Å²) in [4.78, 5) is 2.16. The average Bonchev–Trinajstić information content (AvgIpc) is 2.99. The molecule has 0 N–H and O–H groups in total. The molecule has 0 saturated carbocycles. The van der Waals surface area contributed by atoms with Gasteiger partial charge in [0.1, 0.15) is 0 Å². The van der Waals surface area contributed by atoms with Crippen LogP contribution < -0.4 is 4.90 Å². The second kappa shape index (κ2) is 4.94. The summed E-state index contributed by atoms with van der Waals surface area (Å²) < 4.78 is 2.07. The molecular weight excluding hydrogens is 258 g/mol. The Morgan fingerprint density at radius 1 is 1.26 bits per heavy atom. The minimum absolute atomic E-state index is 0.405. The van der Waals surface area contributed by atoms with Crippen molar-refractivity contribution in [2.24, 2.45) is 0 Å². The Kier molecular flexibility index (Phi) is 3.13. The van der Waals surface area contributed by atoms with Crippen molar-refractivity contribution in [1.82, 2.24) is 14.8 Å². The van der Waals surface area contributed by atoms with E-state index in [0.717, 1.165) is 29.9 Å². The number of benzene rings is 1. The lowest BCUT2D eigenvalue weighted by molar-refractivity contribution is 0.704. The molecule has 0 radical (unpaired) electrons. The maximum absolute atomic E-state index is 8.63. The smallest absolute Gasteiger partial charge is 0.232 e. The number of nitriles is 1. The summed E-state index contributed by atoms with van der Waals surface area (Å²) in [6, 6.07) is 10.5. The number of aryl methyl sites for hydroxylation is 1. The highest BCUT2D eigenvalue weighted by Crippen LogP contribution is 2.31. The third-order valence-corrected chi connectivity index (χ3v) is 3.93. The van der Waals surface area contributed by atoms with Gasteiger partial charge < -0.3 is 4.90 Å². The lowest BCUT2D eigenvalue weighted by Gasteiger charge is -2.15. The van der Waals surface area contributed by atoms with Gasteiger partial charge in [-0.2, -0.15) is 5.26 Å². The van der Waals surface area contributed by atoms with Crippen LogP contribution in [0.1, 0.15) is 5.56 Å². The molecule has 2 aromatic rings. The zero-order valence-electron chi connectivity index (χ0n) is 10.6. The number of thioether (sulfide) groups is 1. The normalized spacial score (nSPS) is 13.4. The zero-order valence-corrected chi connectivity index (χ0v) is 11.4. The summed E-state index contributed by atoms with van der Waals surface area (Å²) in [5.41, 5.74) is 2.38. The van der Waals surface area contributed by atoms with E-state index in [-0.39, 0.29) is 0 Å². The third kappa shape index (κ3) is 2.17. The molecule has 0 spiro atoms. The van der Waals surface area contributed by atoms with Crippen LogP contribution in [0, 0.1) is 18.3 Å². The van der Waals surface area contributed by atoms with Gasteiger partial charge in [0.05, 0.1) is 11.8 Å². The van der Waals surface area contributed by atoms with Gasteiger partial charge in [-0.05, 0) is 19.1 Å². The summed E-state index contributed by atoms with van der Waals surface area (Å²) in [7, 11) is 0. The van der Waals surface area contributed by atoms with Gasteiger partial charge in [-0.15, -0.1) is 10.2 Å². The predicted molar refractivity (Wildman–Crippen MR) is 74.5 cm³/mol. The standard InChI is InChI=1S/C13H13N5S/c1-10-2-4-11(5-3-10)17-7-8-18-12(17)15-16-13(18)19-9-6-14/h2-5H,7-9H2,1H3. The SMILES string of the molecule is Cc1ccc(N2CCn3c(SCC#N)nnc32)cc1. The molecule has 1 aliphatic rings. The topological polar surface area (TPSA) is 57.7 Å². The van der Waals surface area contributed by atoms with E-state index >= 15 is 0 Å². The van der Waals surface area contributed by atoms with Crippen molar-refractivity contribution in [3.8, 4) is 6.07 Å². The van der Waals surface area contributed by atoms with Gasteiger partial charge in [0, 0.05) is 18.8 Å². The molecule has 1 aromatic heterocycles. The molecule has 2 heterocycles. The molecule has 1 aromatic carbocycles. The number of rotatable bonds is 3. The van der Waals surface area contributed by atoms with Crippen molar-refractivity contribution in [3.05, 3.63) is 29.8 Å². The molecule has 0 saturated heterocycles. The first-order valence-corrected chi connectivity index (χ1v) is 7.05. The lowest BCUT2D eigenvalue weighted by Crippen LogP contribution is -2.14. The van der Waals surface area contributed by atoms with Crippen molar-refractivity contribution in [2.75, 3.05) is 17.2 Å². The largest absolute Gasteiger partial charge is 0.309 e. The number of aromatic nitrogens is 3. The molecule has 0 atom stereocenters. The van der Waals surface area contributed by atoms with E-state index in [1.165, 1.54) is 17.3 Å². The Bertz CT molecular complexity index is 625. The molecule has 0 bridgehead atoms. The fraction of sp³-hybridized carbons (Fsp3) is 0.308. The van der Waals surface area contributed by atoms with Gasteiger partial charge in [-0.25, -0.2) is 0 Å². The number of anilines is 2. The highest BCUT2D eigenvalue weighted by molar-refractivity contribution is 7.99. The number of hydrogen-bond acceptors (Lipinski definition) is 5. The number of hydrogen-bond donors (Lipinski definition) is 0. The van der Waals surface area contributed by atoms with Crippen LogP contribution in [0.3, 0.4) is 0 Å².